The van der Waals surface area contributed by atoms with Crippen molar-refractivity contribution in [2.45, 2.75) is 44.1 Å². The first-order chi connectivity index (χ1) is 23.5. The van der Waals surface area contributed by atoms with Crippen molar-refractivity contribution in [2.75, 3.05) is 27.9 Å². The summed E-state index contributed by atoms with van der Waals surface area (Å²) < 4.78 is 22.4. The summed E-state index contributed by atoms with van der Waals surface area (Å²) in [5.41, 5.74) is -0.00165. The van der Waals surface area contributed by atoms with Crippen LogP contribution in [-0.4, -0.2) is 71.1 Å². The smallest absolute Gasteiger partial charge is 0.231 e. The summed E-state index contributed by atoms with van der Waals surface area (Å²) in [4.78, 5) is 49.5. The van der Waals surface area contributed by atoms with Crippen molar-refractivity contribution in [1.82, 2.24) is 15.3 Å². The topological polar surface area (TPSA) is 169 Å². The molecule has 0 bridgehead atoms. The molecular weight excluding hydrogens is 654 g/mol. The second-order valence-corrected chi connectivity index (χ2v) is 12.5. The van der Waals surface area contributed by atoms with E-state index >= 15 is 0 Å². The lowest BCUT2D eigenvalue weighted by atomic mass is 9.69. The number of halogens is 1. The van der Waals surface area contributed by atoms with Crippen LogP contribution in [0.2, 0.25) is 5.02 Å². The second-order valence-electron chi connectivity index (χ2n) is 12.1. The molecule has 0 fully saturated rings. The molecule has 6 rings (SSSR count). The average molecular weight is 690 g/mol. The van der Waals surface area contributed by atoms with Gasteiger partial charge in [-0.25, -0.2) is 4.98 Å². The van der Waals surface area contributed by atoms with Crippen LogP contribution >= 0.6 is 11.6 Å². The minimum atomic E-state index is -2.03. The van der Waals surface area contributed by atoms with E-state index in [0.29, 0.717) is 24.9 Å². The Kier molecular flexibility index (Phi) is 9.17. The Morgan fingerprint density at radius 1 is 1.08 bits per heavy atom. The Labute approximate surface area is 287 Å². The summed E-state index contributed by atoms with van der Waals surface area (Å²) in [7, 11) is 4.15. The molecule has 3 atom stereocenters. The van der Waals surface area contributed by atoms with E-state index in [-0.39, 0.29) is 57.7 Å². The normalized spacial score (nSPS) is 19.2. The highest BCUT2D eigenvalue weighted by molar-refractivity contribution is 6.35. The lowest BCUT2D eigenvalue weighted by Gasteiger charge is -2.38. The van der Waals surface area contributed by atoms with Crippen molar-refractivity contribution in [1.29, 1.82) is 0 Å². The number of carbonyl (C=O) groups is 3. The van der Waals surface area contributed by atoms with Gasteiger partial charge in [0.2, 0.25) is 17.3 Å². The number of H-pyrrole nitrogens is 1. The van der Waals surface area contributed by atoms with Gasteiger partial charge in [0, 0.05) is 49.3 Å². The van der Waals surface area contributed by atoms with Gasteiger partial charge in [0.1, 0.15) is 27.9 Å². The van der Waals surface area contributed by atoms with Crippen LogP contribution in [0.1, 0.15) is 53.8 Å². The van der Waals surface area contributed by atoms with Crippen LogP contribution in [0.25, 0.3) is 11.0 Å². The summed E-state index contributed by atoms with van der Waals surface area (Å²) in [5, 5.41) is 25.3. The number of nitrogens with zero attached hydrogens (tertiary/aromatic N) is 1. The lowest BCUT2D eigenvalue weighted by molar-refractivity contribution is -0.121. The minimum Gasteiger partial charge on any atom is -0.507 e. The summed E-state index contributed by atoms with van der Waals surface area (Å²) >= 11 is 6.59. The average Bonchev–Trinajstić information content (AvgIpc) is 3.65. The van der Waals surface area contributed by atoms with Crippen LogP contribution in [0, 0.1) is 5.92 Å². The maximum absolute atomic E-state index is 14.3. The van der Waals surface area contributed by atoms with Crippen molar-refractivity contribution < 1.29 is 43.5 Å². The number of hydrogen-bond acceptors (Lipinski definition) is 10. The Morgan fingerprint density at radius 2 is 1.82 bits per heavy atom. The molecule has 0 saturated carbocycles. The molecule has 1 spiro atoms. The molecule has 1 aliphatic carbocycles. The number of hydrogen-bond donors (Lipinski definition) is 4. The van der Waals surface area contributed by atoms with Gasteiger partial charge in [-0.15, -0.1) is 0 Å². The molecule has 1 aliphatic heterocycles. The number of phenols is 1. The number of ether oxygens (including phenoxy) is 4. The van der Waals surface area contributed by atoms with Crippen molar-refractivity contribution in [3.63, 3.8) is 0 Å². The fourth-order valence-corrected chi connectivity index (χ4v) is 6.97. The van der Waals surface area contributed by atoms with E-state index in [9.17, 15) is 24.6 Å². The molecule has 1 aromatic heterocycles. The number of nitrogens with one attached hydrogen (secondary N) is 2. The Balaban J connectivity index is 1.33. The lowest BCUT2D eigenvalue weighted by Crippen LogP contribution is -2.53. The Morgan fingerprint density at radius 3 is 2.53 bits per heavy atom. The number of imidazole rings is 1. The van der Waals surface area contributed by atoms with Crippen LogP contribution in [0.4, 0.5) is 0 Å². The summed E-state index contributed by atoms with van der Waals surface area (Å²) in [5.74, 6) is -2.99. The number of aromatic hydroxyl groups is 1. The van der Waals surface area contributed by atoms with Crippen LogP contribution in [0.3, 0.4) is 0 Å². The number of ketones is 2. The molecule has 256 valence electrons. The van der Waals surface area contributed by atoms with Crippen molar-refractivity contribution in [3.05, 3.63) is 81.8 Å². The number of benzene rings is 3. The fraction of sp³-hybridized carbons (Fsp3) is 0.333. The third kappa shape index (κ3) is 5.79. The summed E-state index contributed by atoms with van der Waals surface area (Å²) in [6.07, 6.45) is 0.729. The first-order valence-electron chi connectivity index (χ1n) is 15.8. The number of carbonyl (C=O) groups excluding carboxylic acids is 3. The molecule has 13 heteroatoms. The van der Waals surface area contributed by atoms with Gasteiger partial charge in [-0.1, -0.05) is 36.7 Å². The highest BCUT2D eigenvalue weighted by atomic mass is 35.5. The number of fused-ring (bicyclic) bond motifs is 2. The first-order valence-corrected chi connectivity index (χ1v) is 16.1. The zero-order valence-electron chi connectivity index (χ0n) is 27.4. The number of aromatic amines is 1. The Bertz CT molecular complexity index is 1970. The van der Waals surface area contributed by atoms with E-state index in [1.165, 1.54) is 45.6 Å². The highest BCUT2D eigenvalue weighted by Crippen LogP contribution is 2.56. The van der Waals surface area contributed by atoms with E-state index in [2.05, 4.69) is 15.3 Å². The molecule has 1 unspecified atom stereocenters. The maximum Gasteiger partial charge on any atom is 0.231 e. The van der Waals surface area contributed by atoms with Crippen molar-refractivity contribution >= 4 is 40.1 Å². The van der Waals surface area contributed by atoms with E-state index < -0.39 is 40.7 Å². The number of methoxy groups -OCH3 is 3. The molecule has 4 N–H and O–H groups in total. The van der Waals surface area contributed by atoms with Crippen molar-refractivity contribution in [3.8, 4) is 28.7 Å². The van der Waals surface area contributed by atoms with Crippen molar-refractivity contribution in [2.24, 2.45) is 5.92 Å². The Hall–Kier alpha value is -5.23. The van der Waals surface area contributed by atoms with Crippen LogP contribution in [0.5, 0.6) is 28.7 Å². The predicted octanol–water partition coefficient (Wildman–Crippen LogP) is 5.61. The summed E-state index contributed by atoms with van der Waals surface area (Å²) in [6.45, 7) is 1.94. The number of allylic oxidation sites excluding steroid dienone is 1. The monoisotopic (exact) mass is 689 g/mol. The van der Waals surface area contributed by atoms with E-state index in [1.807, 2.05) is 24.3 Å². The number of Topliss-reactive ketones (excluding diaryl/α,β-unsaturated/α-hetero) is 2. The van der Waals surface area contributed by atoms with E-state index in [0.717, 1.165) is 16.9 Å². The number of aliphatic hydroxyl groups is 1. The molecule has 0 radical (unpaired) electrons. The molecule has 4 aromatic rings. The number of aromatic nitrogens is 2. The second kappa shape index (κ2) is 13.3. The molecule has 2 aliphatic rings. The molecule has 49 heavy (non-hydrogen) atoms. The highest BCUT2D eigenvalue weighted by Gasteiger charge is 2.61. The fourth-order valence-electron chi connectivity index (χ4n) is 6.70. The van der Waals surface area contributed by atoms with E-state index in [1.54, 1.807) is 6.92 Å². The largest absolute Gasteiger partial charge is 0.507 e. The van der Waals surface area contributed by atoms with Crippen LogP contribution < -0.4 is 24.3 Å². The number of rotatable bonds is 11. The molecule has 3 aromatic carbocycles. The standard InChI is InChI=1S/C36H36ClN3O9/c1-18-14-24(42)30(34(44)36(18)35(45)31-26(47-3)17-27(48-4)32(37)33(31)49-36)20(19-11-12-23(41)25(15-19)46-2)16-29(43)38-13-7-10-28-39-21-8-5-6-9-22(21)40-28/h5-6,8-9,11-12,15,17-18,20,41,44H,7,10,13-14,16H2,1-4H3,(H,38,43)(H,39,40)/t18-,20?,36+/m1/s1. The molecular formula is C36H36ClN3O9. The molecule has 2 heterocycles. The van der Waals surface area contributed by atoms with Crippen LogP contribution in [-0.2, 0) is 16.0 Å². The van der Waals surface area contributed by atoms with Gasteiger partial charge in [0.05, 0.1) is 32.4 Å². The SMILES string of the molecule is COc1cc(C(CC(=O)NCCCc2nc3ccccc3[nH]2)C2=C(O)[C@@]3(Oc4c(Cl)c(OC)cc(OC)c4C3=O)[C@H](C)CC2=O)ccc1O. The molecule has 12 nitrogen and oxygen atoms in total. The third-order valence-corrected chi connectivity index (χ3v) is 9.56. The number of para-hydroxylation sites is 2. The molecule has 0 saturated heterocycles. The summed E-state index contributed by atoms with van der Waals surface area (Å²) in [6, 6.07) is 13.5. The van der Waals surface area contributed by atoms with Gasteiger partial charge in [-0.2, -0.15) is 0 Å². The molecule has 1 amide bonds. The van der Waals surface area contributed by atoms with Gasteiger partial charge in [0.15, 0.2) is 28.8 Å². The van der Waals surface area contributed by atoms with Gasteiger partial charge in [-0.3, -0.25) is 14.4 Å². The van der Waals surface area contributed by atoms with Gasteiger partial charge in [-0.05, 0) is 36.2 Å². The number of aliphatic hydroxyl groups excluding tert-OH is 1. The quantitative estimate of drug-likeness (QED) is 0.145. The van der Waals surface area contributed by atoms with E-state index in [4.69, 9.17) is 30.5 Å². The third-order valence-electron chi connectivity index (χ3n) is 9.21. The maximum atomic E-state index is 14.3. The van der Waals surface area contributed by atoms with Gasteiger partial charge < -0.3 is 39.5 Å². The van der Waals surface area contributed by atoms with Crippen LogP contribution in [0.15, 0.2) is 59.9 Å². The number of phenolic OH excluding ortho intramolecular Hbond substituents is 1. The number of amides is 1. The van der Waals surface area contributed by atoms with Gasteiger partial charge >= 0.3 is 0 Å². The van der Waals surface area contributed by atoms with Gasteiger partial charge in [0.25, 0.3) is 0 Å². The zero-order valence-corrected chi connectivity index (χ0v) is 28.1. The zero-order chi connectivity index (χ0) is 35.0. The minimum absolute atomic E-state index is 0.00354. The number of aryl methyl sites for hydroxylation is 1. The predicted molar refractivity (Wildman–Crippen MR) is 180 cm³/mol. The first kappa shape index (κ1) is 33.7.